The molecule has 0 fully saturated rings. The zero-order valence-corrected chi connectivity index (χ0v) is 24.8. The molecule has 3 atom stereocenters. The fraction of sp³-hybridized carbons (Fsp3) is 0.478. The summed E-state index contributed by atoms with van der Waals surface area (Å²) in [6.07, 6.45) is 0. The van der Waals surface area contributed by atoms with Crippen molar-refractivity contribution in [1.82, 2.24) is 16.0 Å². The van der Waals surface area contributed by atoms with E-state index >= 15 is 0 Å². The first-order chi connectivity index (χ1) is 18.5. The molecule has 0 radical (unpaired) electrons. The Morgan fingerprint density at radius 3 is 1.38 bits per heavy atom. The van der Waals surface area contributed by atoms with E-state index in [0.29, 0.717) is 15.5 Å². The molecule has 0 bridgehead atoms. The van der Waals surface area contributed by atoms with E-state index in [-0.39, 0.29) is 27.9 Å². The first-order valence-corrected chi connectivity index (χ1v) is 14.5. The third-order valence-electron chi connectivity index (χ3n) is 4.82. The molecule has 14 nitrogen and oxygen atoms in total. The highest BCUT2D eigenvalue weighted by molar-refractivity contribution is 8.02. The number of hydrogen-bond donors (Lipinski definition) is 7. The normalized spacial score (nSPS) is 12.9. The number of nitrogens with zero attached hydrogens (tertiary/aromatic N) is 1. The van der Waals surface area contributed by atoms with Crippen molar-refractivity contribution in [1.29, 1.82) is 0 Å². The number of benzene rings is 1. The maximum absolute atomic E-state index is 11.7. The van der Waals surface area contributed by atoms with E-state index in [1.807, 2.05) is 0 Å². The maximum atomic E-state index is 11.7. The number of nitrogens with one attached hydrogen (secondary N) is 3. The van der Waals surface area contributed by atoms with Crippen molar-refractivity contribution in [3.8, 4) is 5.75 Å². The van der Waals surface area contributed by atoms with Crippen LogP contribution in [0.2, 0.25) is 0 Å². The molecule has 0 aliphatic rings. The Morgan fingerprint density at radius 2 is 1.05 bits per heavy atom. The summed E-state index contributed by atoms with van der Waals surface area (Å²) < 4.78 is 0. The van der Waals surface area contributed by atoms with Gasteiger partial charge in [0, 0.05) is 61.9 Å². The Kier molecular flexibility index (Phi) is 14.0. The molecular formula is C23H32N4O10S3. The van der Waals surface area contributed by atoms with E-state index in [2.05, 4.69) is 16.0 Å². The molecule has 17 heteroatoms. The van der Waals surface area contributed by atoms with Crippen LogP contribution in [0.1, 0.15) is 20.8 Å². The minimum absolute atomic E-state index is 0.112. The predicted octanol–water partition coefficient (Wildman–Crippen LogP) is 0.502. The Morgan fingerprint density at radius 1 is 0.700 bits per heavy atom. The van der Waals surface area contributed by atoms with E-state index < -0.39 is 53.8 Å². The van der Waals surface area contributed by atoms with Gasteiger partial charge >= 0.3 is 17.9 Å². The van der Waals surface area contributed by atoms with Gasteiger partial charge < -0.3 is 41.3 Å². The van der Waals surface area contributed by atoms with Crippen molar-refractivity contribution in [2.24, 2.45) is 0 Å². The minimum atomic E-state index is -1.30. The van der Waals surface area contributed by atoms with Gasteiger partial charge in [0.15, 0.2) is 0 Å². The smallest absolute Gasteiger partial charge is 0.327 e. The second kappa shape index (κ2) is 16.1. The first kappa shape index (κ1) is 34.7. The van der Waals surface area contributed by atoms with Crippen LogP contribution < -0.4 is 20.9 Å². The molecule has 1 rings (SSSR count). The van der Waals surface area contributed by atoms with Crippen molar-refractivity contribution >= 4 is 76.6 Å². The molecular weight excluding hydrogens is 588 g/mol. The monoisotopic (exact) mass is 620 g/mol. The zero-order valence-electron chi connectivity index (χ0n) is 22.3. The lowest BCUT2D eigenvalue weighted by molar-refractivity contribution is -0.141. The molecule has 0 aliphatic carbocycles. The third kappa shape index (κ3) is 11.1. The van der Waals surface area contributed by atoms with Gasteiger partial charge in [-0.1, -0.05) is 0 Å². The topological polar surface area (TPSA) is 223 Å². The van der Waals surface area contributed by atoms with Gasteiger partial charge in [-0.25, -0.2) is 14.4 Å². The lowest BCUT2D eigenvalue weighted by atomic mass is 10.3. The summed E-state index contributed by atoms with van der Waals surface area (Å²) in [4.78, 5) is 72.0. The van der Waals surface area contributed by atoms with Crippen LogP contribution in [0.4, 0.5) is 5.69 Å². The number of aromatic hydroxyl groups is 1. The van der Waals surface area contributed by atoms with E-state index in [1.165, 1.54) is 13.0 Å². The number of aliphatic carboxylic acids is 3. The minimum Gasteiger partial charge on any atom is -0.507 e. The van der Waals surface area contributed by atoms with Crippen LogP contribution in [0.3, 0.4) is 0 Å². The summed E-state index contributed by atoms with van der Waals surface area (Å²) in [6, 6.07) is -2.47. The van der Waals surface area contributed by atoms with Crippen LogP contribution in [-0.4, -0.2) is 106 Å². The third-order valence-corrected chi connectivity index (χ3v) is 8.46. The van der Waals surface area contributed by atoms with Crippen LogP contribution in [0.15, 0.2) is 20.8 Å². The Bertz CT molecular complexity index is 1150. The maximum Gasteiger partial charge on any atom is 0.327 e. The molecule has 0 saturated carbocycles. The molecule has 0 aromatic heterocycles. The molecule has 0 heterocycles. The lowest BCUT2D eigenvalue weighted by Gasteiger charge is -2.26. The molecule has 1 aromatic carbocycles. The Balaban J connectivity index is 3.60. The number of carboxylic acid groups (broad SMARTS) is 3. The van der Waals surface area contributed by atoms with Gasteiger partial charge in [-0.15, -0.1) is 35.3 Å². The number of carbonyl (C=O) groups excluding carboxylic acids is 3. The average molecular weight is 621 g/mol. The molecule has 0 spiro atoms. The second-order valence-corrected chi connectivity index (χ2v) is 11.6. The summed E-state index contributed by atoms with van der Waals surface area (Å²) >= 11 is 2.92. The van der Waals surface area contributed by atoms with E-state index in [9.17, 15) is 49.2 Å². The second-order valence-electron chi connectivity index (χ2n) is 8.50. The van der Waals surface area contributed by atoms with Crippen molar-refractivity contribution in [3.05, 3.63) is 6.07 Å². The van der Waals surface area contributed by atoms with Gasteiger partial charge in [0.25, 0.3) is 0 Å². The van der Waals surface area contributed by atoms with Gasteiger partial charge in [-0.05, 0) is 6.07 Å². The molecule has 40 heavy (non-hydrogen) atoms. The number of phenols is 1. The van der Waals surface area contributed by atoms with Crippen LogP contribution in [0, 0.1) is 0 Å². The highest BCUT2D eigenvalue weighted by Crippen LogP contribution is 2.48. The standard InChI is InChI=1S/C23H32N4O10S3/c1-10(28)24-13(21(32)33)7-38-17-6-16(31)19(39-8-14(22(34)35)25-11(2)29)20(18(17)27(4)5)40-9-15(23(36)37)26-12(3)30/h6,13-15,31H,7-9H2,1-5H3,(H,24,28)(H,25,29)(H,26,30)(H,32,33)(H,34,35)(H,36,37)/t13-,14-,15-/m0/s1. The van der Waals surface area contributed by atoms with Gasteiger partial charge in [0.05, 0.1) is 10.6 Å². The van der Waals surface area contributed by atoms with Crippen LogP contribution in [0.25, 0.3) is 0 Å². The summed E-state index contributed by atoms with van der Waals surface area (Å²) in [5.74, 6) is -6.32. The zero-order chi connectivity index (χ0) is 30.7. The predicted molar refractivity (Wildman–Crippen MR) is 150 cm³/mol. The quantitative estimate of drug-likeness (QED) is 0.125. The molecule has 1 aromatic rings. The van der Waals surface area contributed by atoms with Crippen LogP contribution in [0.5, 0.6) is 5.75 Å². The Hall–Kier alpha value is -3.31. The Labute approximate surface area is 243 Å². The van der Waals surface area contributed by atoms with E-state index in [1.54, 1.807) is 19.0 Å². The van der Waals surface area contributed by atoms with Crippen molar-refractivity contribution < 1.29 is 49.2 Å². The number of anilines is 1. The fourth-order valence-corrected chi connectivity index (χ4v) is 6.99. The van der Waals surface area contributed by atoms with Crippen molar-refractivity contribution in [2.75, 3.05) is 36.3 Å². The first-order valence-electron chi connectivity index (χ1n) is 11.5. The number of hydrogen-bond acceptors (Lipinski definition) is 11. The summed E-state index contributed by atoms with van der Waals surface area (Å²) in [7, 11) is 3.33. The van der Waals surface area contributed by atoms with Crippen LogP contribution >= 0.6 is 35.3 Å². The van der Waals surface area contributed by atoms with Crippen LogP contribution in [-0.2, 0) is 28.8 Å². The lowest BCUT2D eigenvalue weighted by Crippen LogP contribution is -2.41. The molecule has 0 saturated heterocycles. The summed E-state index contributed by atoms with van der Waals surface area (Å²) in [6.45, 7) is 3.50. The van der Waals surface area contributed by atoms with E-state index in [4.69, 9.17) is 0 Å². The summed E-state index contributed by atoms with van der Waals surface area (Å²) in [5, 5.41) is 46.4. The molecule has 0 unspecified atom stereocenters. The highest BCUT2D eigenvalue weighted by Gasteiger charge is 2.28. The number of carbonyl (C=O) groups is 6. The number of carboxylic acids is 3. The molecule has 0 aliphatic heterocycles. The van der Waals surface area contributed by atoms with Gasteiger partial charge in [-0.3, -0.25) is 14.4 Å². The number of phenolic OH excluding ortho intramolecular Hbond substituents is 1. The number of amides is 3. The van der Waals surface area contributed by atoms with Gasteiger partial charge in [0.2, 0.25) is 17.7 Å². The number of thioether (sulfide) groups is 3. The van der Waals surface area contributed by atoms with E-state index in [0.717, 1.165) is 49.1 Å². The van der Waals surface area contributed by atoms with Crippen molar-refractivity contribution in [3.63, 3.8) is 0 Å². The fourth-order valence-electron chi connectivity index (χ4n) is 3.17. The molecule has 3 amide bonds. The largest absolute Gasteiger partial charge is 0.507 e. The van der Waals surface area contributed by atoms with Gasteiger partial charge in [-0.2, -0.15) is 0 Å². The van der Waals surface area contributed by atoms with Gasteiger partial charge in [0.1, 0.15) is 23.9 Å². The van der Waals surface area contributed by atoms with Crippen molar-refractivity contribution in [2.45, 2.75) is 53.6 Å². The highest BCUT2D eigenvalue weighted by atomic mass is 32.2. The molecule has 7 N–H and O–H groups in total. The summed E-state index contributed by atoms with van der Waals surface area (Å²) in [5.41, 5.74) is 0.459. The number of rotatable bonds is 16. The SMILES string of the molecule is CC(=O)N[C@@H](CSc1cc(O)c(SC[C@H](NC(C)=O)C(=O)O)c(SC[C@H](NC(C)=O)C(=O)O)c1N(C)C)C(=O)O. The average Bonchev–Trinajstić information content (AvgIpc) is 2.81. The molecule has 222 valence electrons.